The van der Waals surface area contributed by atoms with Crippen molar-refractivity contribution in [3.63, 3.8) is 0 Å². The molecule has 0 spiro atoms. The van der Waals surface area contributed by atoms with E-state index in [1.54, 1.807) is 0 Å². The van der Waals surface area contributed by atoms with Crippen molar-refractivity contribution in [3.05, 3.63) is 23.8 Å². The highest BCUT2D eigenvalue weighted by atomic mass is 32.3. The molecule has 0 aromatic heterocycles. The van der Waals surface area contributed by atoms with Crippen LogP contribution in [0.5, 0.6) is 5.75 Å². The summed E-state index contributed by atoms with van der Waals surface area (Å²) in [4.78, 5) is 12.4. The molecule has 1 aromatic rings. The predicted molar refractivity (Wildman–Crippen MR) is 79.0 cm³/mol. The molecular formula is C14H16F3N2O3S+. The standard InChI is InChI=1S/C14H15F3N2O3S/c1-13(2)12(20)18-10-5-4-9(14(15,16)17)8-11(10)22-23(13,21)19-6-3-7-19/h4-5,8H,3,6-7H2,1-2H3/p+1. The molecule has 1 fully saturated rings. The van der Waals surface area contributed by atoms with Gasteiger partial charge in [-0.2, -0.15) is 13.2 Å². The van der Waals surface area contributed by atoms with Crippen molar-refractivity contribution in [2.45, 2.75) is 31.2 Å². The normalized spacial score (nSPS) is 27.3. The van der Waals surface area contributed by atoms with Crippen LogP contribution >= 0.6 is 0 Å². The van der Waals surface area contributed by atoms with Gasteiger partial charge in [-0.25, -0.2) is 0 Å². The van der Waals surface area contributed by atoms with Gasteiger partial charge in [0.2, 0.25) is 5.75 Å². The summed E-state index contributed by atoms with van der Waals surface area (Å²) in [7, 11) is -3.32. The van der Waals surface area contributed by atoms with Gasteiger partial charge in [0.05, 0.1) is 11.3 Å². The molecule has 2 aliphatic rings. The highest BCUT2D eigenvalue weighted by molar-refractivity contribution is 7.98. The predicted octanol–water partition coefficient (Wildman–Crippen LogP) is 2.85. The smallest absolute Gasteiger partial charge is 0.318 e. The second-order valence-corrected chi connectivity index (χ2v) is 8.67. The van der Waals surface area contributed by atoms with E-state index in [4.69, 9.17) is 4.18 Å². The molecule has 2 heterocycles. The van der Waals surface area contributed by atoms with E-state index in [1.165, 1.54) is 18.2 Å². The summed E-state index contributed by atoms with van der Waals surface area (Å²) in [6.45, 7) is 3.90. The second kappa shape index (κ2) is 4.94. The number of carbonyl (C=O) groups is 1. The zero-order valence-electron chi connectivity index (χ0n) is 12.6. The number of nitrogens with one attached hydrogen (secondary N) is 1. The Kier molecular flexibility index (Phi) is 3.49. The quantitative estimate of drug-likeness (QED) is 0.793. The number of halogens is 3. The van der Waals surface area contributed by atoms with Crippen LogP contribution < -0.4 is 9.50 Å². The van der Waals surface area contributed by atoms with E-state index in [0.717, 1.165) is 24.6 Å². The van der Waals surface area contributed by atoms with E-state index >= 15 is 0 Å². The van der Waals surface area contributed by atoms with Crippen molar-refractivity contribution in [1.29, 1.82) is 0 Å². The summed E-state index contributed by atoms with van der Waals surface area (Å²) >= 11 is 0. The summed E-state index contributed by atoms with van der Waals surface area (Å²) in [6, 6.07) is 2.75. The molecule has 5 nitrogen and oxygen atoms in total. The molecule has 1 N–H and O–H groups in total. The van der Waals surface area contributed by atoms with E-state index in [9.17, 15) is 22.2 Å². The molecule has 1 aromatic carbocycles. The Bertz CT molecular complexity index is 714. The van der Waals surface area contributed by atoms with Crippen LogP contribution in [0.2, 0.25) is 0 Å². The highest BCUT2D eigenvalue weighted by Crippen LogP contribution is 2.43. The topological polar surface area (TPSA) is 58.6 Å². The molecule has 0 aliphatic carbocycles. The van der Waals surface area contributed by atoms with E-state index in [1.807, 2.05) is 0 Å². The van der Waals surface area contributed by atoms with Crippen LogP contribution in [0.25, 0.3) is 0 Å². The lowest BCUT2D eigenvalue weighted by Gasteiger charge is -2.34. The molecule has 1 atom stereocenters. The fourth-order valence-electron chi connectivity index (χ4n) is 2.39. The minimum atomic E-state index is -4.55. The van der Waals surface area contributed by atoms with E-state index in [0.29, 0.717) is 13.1 Å². The lowest BCUT2D eigenvalue weighted by Crippen LogP contribution is -2.60. The molecule has 3 rings (SSSR count). The van der Waals surface area contributed by atoms with E-state index < -0.39 is 32.8 Å². The number of alkyl halides is 3. The molecule has 2 aliphatic heterocycles. The summed E-state index contributed by atoms with van der Waals surface area (Å²) in [6.07, 6.45) is -3.75. The van der Waals surface area contributed by atoms with Crippen LogP contribution in [0.3, 0.4) is 0 Å². The number of hydrogen-bond donors (Lipinski definition) is 1. The number of nitrogens with zero attached hydrogens (tertiary/aromatic N) is 1. The van der Waals surface area contributed by atoms with Crippen LogP contribution in [-0.4, -0.2) is 28.0 Å². The van der Waals surface area contributed by atoms with Crippen molar-refractivity contribution in [1.82, 2.24) is 4.31 Å². The first-order valence-corrected chi connectivity index (χ1v) is 8.51. The van der Waals surface area contributed by atoms with Crippen LogP contribution in [0.4, 0.5) is 18.9 Å². The third-order valence-corrected chi connectivity index (χ3v) is 7.03. The molecule has 23 heavy (non-hydrogen) atoms. The van der Waals surface area contributed by atoms with Gasteiger partial charge >= 0.3 is 16.6 Å². The molecule has 0 radical (unpaired) electrons. The van der Waals surface area contributed by atoms with Crippen LogP contribution in [0.15, 0.2) is 18.2 Å². The van der Waals surface area contributed by atoms with Gasteiger partial charge in [-0.3, -0.25) is 8.98 Å². The molecule has 1 saturated heterocycles. The van der Waals surface area contributed by atoms with Gasteiger partial charge in [-0.1, -0.05) is 4.31 Å². The average Bonchev–Trinajstić information content (AvgIpc) is 2.42. The van der Waals surface area contributed by atoms with Crippen LogP contribution in [0.1, 0.15) is 25.8 Å². The Hall–Kier alpha value is -1.61. The van der Waals surface area contributed by atoms with Gasteiger partial charge in [-0.05, 0) is 22.8 Å². The number of fused-ring (bicyclic) bond motifs is 1. The maximum Gasteiger partial charge on any atom is 0.416 e. The third kappa shape index (κ3) is 2.42. The lowest BCUT2D eigenvalue weighted by atomic mass is 10.1. The summed E-state index contributed by atoms with van der Waals surface area (Å²) < 4.78 is 57.7. The number of amides is 1. The minimum absolute atomic E-state index is 0.0850. The van der Waals surface area contributed by atoms with E-state index in [2.05, 4.69) is 5.32 Å². The minimum Gasteiger partial charge on any atom is -0.318 e. The maximum absolute atomic E-state index is 13.4. The van der Waals surface area contributed by atoms with Gasteiger partial charge in [0, 0.05) is 33.0 Å². The maximum atomic E-state index is 13.4. The fourth-order valence-corrected chi connectivity index (χ4v) is 4.75. The molecular weight excluding hydrogens is 333 g/mol. The number of carbonyl (C=O) groups excluding carboxylic acids is 1. The number of anilines is 1. The van der Waals surface area contributed by atoms with Gasteiger partial charge in [0.25, 0.3) is 10.7 Å². The Balaban J connectivity index is 2.11. The largest absolute Gasteiger partial charge is 0.416 e. The number of benzene rings is 1. The number of rotatable bonds is 1. The van der Waals surface area contributed by atoms with Gasteiger partial charge in [0.15, 0.2) is 0 Å². The first-order valence-electron chi connectivity index (χ1n) is 7.07. The monoisotopic (exact) mass is 349 g/mol. The lowest BCUT2D eigenvalue weighted by molar-refractivity contribution is -0.137. The number of hydrogen-bond acceptors (Lipinski definition) is 3. The SMILES string of the molecule is CC1(C)C(=O)Nc2ccc(C(F)(F)F)cc2O[S+]1(=O)N1CCC1. The second-order valence-electron chi connectivity index (χ2n) is 6.01. The summed E-state index contributed by atoms with van der Waals surface area (Å²) in [5.41, 5.74) is -0.836. The molecule has 1 unspecified atom stereocenters. The summed E-state index contributed by atoms with van der Waals surface area (Å²) in [5.74, 6) is -0.774. The average molecular weight is 349 g/mol. The fraction of sp³-hybridized carbons (Fsp3) is 0.500. The Morgan fingerprint density at radius 1 is 1.30 bits per heavy atom. The molecule has 0 bridgehead atoms. The zero-order chi connectivity index (χ0) is 17.0. The van der Waals surface area contributed by atoms with Gasteiger partial charge < -0.3 is 5.32 Å². The Morgan fingerprint density at radius 3 is 2.48 bits per heavy atom. The highest BCUT2D eigenvalue weighted by Gasteiger charge is 2.63. The van der Waals surface area contributed by atoms with Gasteiger partial charge in [-0.15, -0.1) is 0 Å². The zero-order valence-corrected chi connectivity index (χ0v) is 13.4. The molecule has 1 amide bonds. The summed E-state index contributed by atoms with van der Waals surface area (Å²) in [5, 5.41) is 2.51. The first-order chi connectivity index (χ1) is 10.6. The Labute approximate surface area is 132 Å². The molecule has 0 saturated carbocycles. The van der Waals surface area contributed by atoms with Crippen molar-refractivity contribution < 1.29 is 26.4 Å². The van der Waals surface area contributed by atoms with Gasteiger partial charge in [0.1, 0.15) is 0 Å². The first kappa shape index (κ1) is 16.3. The van der Waals surface area contributed by atoms with Crippen molar-refractivity contribution >= 4 is 22.0 Å². The van der Waals surface area contributed by atoms with Crippen LogP contribution in [0, 0.1) is 0 Å². The Morgan fingerprint density at radius 2 is 1.96 bits per heavy atom. The van der Waals surface area contributed by atoms with Crippen molar-refractivity contribution in [2.24, 2.45) is 0 Å². The molecule has 126 valence electrons. The van der Waals surface area contributed by atoms with Crippen LogP contribution in [-0.2, 0) is 25.6 Å². The van der Waals surface area contributed by atoms with E-state index in [-0.39, 0.29) is 11.4 Å². The van der Waals surface area contributed by atoms with Crippen molar-refractivity contribution in [3.8, 4) is 5.75 Å². The van der Waals surface area contributed by atoms with Crippen molar-refractivity contribution in [2.75, 3.05) is 18.4 Å². The third-order valence-electron chi connectivity index (χ3n) is 4.11. The molecule has 9 heteroatoms.